The van der Waals surface area contributed by atoms with E-state index in [0.717, 1.165) is 29.7 Å². The summed E-state index contributed by atoms with van der Waals surface area (Å²) >= 11 is 0. The lowest BCUT2D eigenvalue weighted by Crippen LogP contribution is -2.36. The molecule has 0 aliphatic carbocycles. The summed E-state index contributed by atoms with van der Waals surface area (Å²) < 4.78 is 34.7. The fourth-order valence-corrected chi connectivity index (χ4v) is 3.12. The Kier molecular flexibility index (Phi) is 5.35. The molecule has 2 heterocycles. The monoisotopic (exact) mass is 362 g/mol. The highest BCUT2D eigenvalue weighted by molar-refractivity contribution is 6.07. The largest absolute Gasteiger partial charge is 0.495 e. The van der Waals surface area contributed by atoms with Crippen LogP contribution in [0.1, 0.15) is 27.9 Å². The second-order valence-corrected chi connectivity index (χ2v) is 6.06. The summed E-state index contributed by atoms with van der Waals surface area (Å²) in [7, 11) is 1.58. The van der Waals surface area contributed by atoms with Gasteiger partial charge in [-0.05, 0) is 43.0 Å². The number of carbonyl (C=O) groups is 1. The van der Waals surface area contributed by atoms with Crippen molar-refractivity contribution < 1.29 is 23.0 Å². The first-order valence-electron chi connectivity index (χ1n) is 8.36. The summed E-state index contributed by atoms with van der Waals surface area (Å²) in [6, 6.07) is 6.81. The predicted octanol–water partition coefficient (Wildman–Crippen LogP) is 3.64. The number of hydrogen-bond acceptors (Lipinski definition) is 4. The number of anilines is 1. The van der Waals surface area contributed by atoms with Crippen molar-refractivity contribution in [3.8, 4) is 11.6 Å². The molecule has 0 saturated heterocycles. The first-order chi connectivity index (χ1) is 12.5. The molecule has 1 aromatic carbocycles. The van der Waals surface area contributed by atoms with E-state index in [2.05, 4.69) is 4.98 Å². The molecule has 0 fully saturated rings. The number of carbonyl (C=O) groups excluding carboxylic acids is 1. The Balaban J connectivity index is 1.87. The van der Waals surface area contributed by atoms with Gasteiger partial charge >= 0.3 is 0 Å². The highest BCUT2D eigenvalue weighted by Crippen LogP contribution is 2.38. The van der Waals surface area contributed by atoms with E-state index in [9.17, 15) is 13.6 Å². The van der Waals surface area contributed by atoms with E-state index >= 15 is 0 Å². The maximum absolute atomic E-state index is 13.0. The van der Waals surface area contributed by atoms with Crippen molar-refractivity contribution in [2.75, 3.05) is 25.2 Å². The number of benzene rings is 1. The number of amides is 1. The SMILES string of the molecule is COc1ccc(C)c2c1N(C(=O)c1ccc(OCC(F)F)nc1)CCC2. The van der Waals surface area contributed by atoms with Crippen molar-refractivity contribution in [2.45, 2.75) is 26.2 Å². The number of alkyl halides is 2. The third-order valence-corrected chi connectivity index (χ3v) is 4.36. The number of pyridine rings is 1. The van der Waals surface area contributed by atoms with Crippen LogP contribution in [0.2, 0.25) is 0 Å². The number of halogens is 2. The number of rotatable bonds is 5. The van der Waals surface area contributed by atoms with Crippen molar-refractivity contribution in [1.82, 2.24) is 4.98 Å². The third-order valence-electron chi connectivity index (χ3n) is 4.36. The summed E-state index contributed by atoms with van der Waals surface area (Å²) in [4.78, 5) is 18.6. The molecule has 5 nitrogen and oxygen atoms in total. The zero-order chi connectivity index (χ0) is 18.7. The van der Waals surface area contributed by atoms with Crippen molar-refractivity contribution in [1.29, 1.82) is 0 Å². The molecule has 1 amide bonds. The van der Waals surface area contributed by atoms with E-state index in [1.807, 2.05) is 19.1 Å². The minimum atomic E-state index is -2.57. The molecule has 0 unspecified atom stereocenters. The Morgan fingerprint density at radius 2 is 2.12 bits per heavy atom. The molecule has 7 heteroatoms. The topological polar surface area (TPSA) is 51.7 Å². The number of aromatic nitrogens is 1. The lowest BCUT2D eigenvalue weighted by Gasteiger charge is -2.32. The molecule has 2 aromatic rings. The van der Waals surface area contributed by atoms with E-state index in [-0.39, 0.29) is 11.8 Å². The molecule has 0 bridgehead atoms. The zero-order valence-electron chi connectivity index (χ0n) is 14.7. The smallest absolute Gasteiger partial charge is 0.272 e. The molecule has 1 aliphatic rings. The second-order valence-electron chi connectivity index (χ2n) is 6.06. The minimum absolute atomic E-state index is 0.0642. The van der Waals surface area contributed by atoms with Gasteiger partial charge in [0.05, 0.1) is 18.4 Å². The van der Waals surface area contributed by atoms with Crippen molar-refractivity contribution in [3.05, 3.63) is 47.2 Å². The Morgan fingerprint density at radius 3 is 2.77 bits per heavy atom. The van der Waals surface area contributed by atoms with Crippen LogP contribution < -0.4 is 14.4 Å². The number of aryl methyl sites for hydroxylation is 1. The fourth-order valence-electron chi connectivity index (χ4n) is 3.12. The molecule has 0 atom stereocenters. The highest BCUT2D eigenvalue weighted by atomic mass is 19.3. The molecule has 0 saturated carbocycles. The molecule has 1 aromatic heterocycles. The summed E-state index contributed by atoms with van der Waals surface area (Å²) in [5, 5.41) is 0. The Hall–Kier alpha value is -2.70. The average Bonchev–Trinajstić information content (AvgIpc) is 2.66. The highest BCUT2D eigenvalue weighted by Gasteiger charge is 2.28. The number of fused-ring (bicyclic) bond motifs is 1. The zero-order valence-corrected chi connectivity index (χ0v) is 14.7. The van der Waals surface area contributed by atoms with E-state index in [0.29, 0.717) is 17.9 Å². The predicted molar refractivity (Wildman–Crippen MR) is 93.5 cm³/mol. The van der Waals surface area contributed by atoms with Crippen LogP contribution in [0.25, 0.3) is 0 Å². The number of methoxy groups -OCH3 is 1. The van der Waals surface area contributed by atoms with Gasteiger partial charge < -0.3 is 14.4 Å². The molecule has 1 aliphatic heterocycles. The van der Waals surface area contributed by atoms with Crippen molar-refractivity contribution in [3.63, 3.8) is 0 Å². The van der Waals surface area contributed by atoms with Gasteiger partial charge in [-0.2, -0.15) is 0 Å². The quantitative estimate of drug-likeness (QED) is 0.815. The molecule has 0 spiro atoms. The van der Waals surface area contributed by atoms with Crippen LogP contribution in [0.5, 0.6) is 11.6 Å². The number of nitrogens with zero attached hydrogens (tertiary/aromatic N) is 2. The van der Waals surface area contributed by atoms with E-state index in [4.69, 9.17) is 9.47 Å². The summed E-state index contributed by atoms with van der Waals surface area (Å²) in [5.41, 5.74) is 3.38. The van der Waals surface area contributed by atoms with E-state index in [1.54, 1.807) is 12.0 Å². The van der Waals surface area contributed by atoms with Gasteiger partial charge in [-0.25, -0.2) is 13.8 Å². The number of ether oxygens (including phenoxy) is 2. The van der Waals surface area contributed by atoms with E-state index in [1.165, 1.54) is 18.3 Å². The molecule has 138 valence electrons. The third kappa shape index (κ3) is 3.61. The van der Waals surface area contributed by atoms with Crippen LogP contribution in [0.15, 0.2) is 30.5 Å². The van der Waals surface area contributed by atoms with Gasteiger partial charge in [0, 0.05) is 18.8 Å². The van der Waals surface area contributed by atoms with Gasteiger partial charge in [0.25, 0.3) is 12.3 Å². The number of hydrogen-bond donors (Lipinski definition) is 0. The average molecular weight is 362 g/mol. The van der Waals surface area contributed by atoms with Crippen LogP contribution >= 0.6 is 0 Å². The van der Waals surface area contributed by atoms with Crippen LogP contribution in [0.3, 0.4) is 0 Å². The molecular weight excluding hydrogens is 342 g/mol. The lowest BCUT2D eigenvalue weighted by atomic mass is 9.95. The standard InChI is InChI=1S/C19H20F2N2O3/c1-12-5-7-15(25-2)18-14(12)4-3-9-23(18)19(24)13-6-8-17(22-10-13)26-11-16(20)21/h5-8,10,16H,3-4,9,11H2,1-2H3. The maximum Gasteiger partial charge on any atom is 0.272 e. The Labute approximate surface area is 150 Å². The normalized spacial score (nSPS) is 13.5. The lowest BCUT2D eigenvalue weighted by molar-refractivity contribution is 0.0795. The summed E-state index contributed by atoms with van der Waals surface area (Å²) in [6.45, 7) is 1.87. The van der Waals surface area contributed by atoms with Crippen LogP contribution in [0.4, 0.5) is 14.5 Å². The molecule has 0 radical (unpaired) electrons. The van der Waals surface area contributed by atoms with Crippen molar-refractivity contribution >= 4 is 11.6 Å². The van der Waals surface area contributed by atoms with Gasteiger partial charge in [0.1, 0.15) is 5.75 Å². The Morgan fingerprint density at radius 1 is 1.31 bits per heavy atom. The maximum atomic E-state index is 13.0. The summed E-state index contributed by atoms with van der Waals surface area (Å²) in [6.07, 6.45) is 0.523. The first kappa shape index (κ1) is 18.1. The minimum Gasteiger partial charge on any atom is -0.495 e. The van der Waals surface area contributed by atoms with Gasteiger partial charge in [-0.1, -0.05) is 6.07 Å². The van der Waals surface area contributed by atoms with Crippen LogP contribution in [-0.4, -0.2) is 37.6 Å². The van der Waals surface area contributed by atoms with Crippen LogP contribution in [0, 0.1) is 6.92 Å². The Bertz CT molecular complexity index is 794. The summed E-state index contributed by atoms with van der Waals surface area (Å²) in [5.74, 6) is 0.514. The van der Waals surface area contributed by atoms with Gasteiger partial charge in [-0.3, -0.25) is 4.79 Å². The van der Waals surface area contributed by atoms with Crippen molar-refractivity contribution in [2.24, 2.45) is 0 Å². The molecule has 26 heavy (non-hydrogen) atoms. The van der Waals surface area contributed by atoms with Gasteiger partial charge in [-0.15, -0.1) is 0 Å². The second kappa shape index (κ2) is 7.68. The van der Waals surface area contributed by atoms with Crippen LogP contribution in [-0.2, 0) is 6.42 Å². The molecular formula is C19H20F2N2O3. The van der Waals surface area contributed by atoms with Gasteiger partial charge in [0.15, 0.2) is 6.61 Å². The van der Waals surface area contributed by atoms with E-state index < -0.39 is 13.0 Å². The molecule has 0 N–H and O–H groups in total. The van der Waals surface area contributed by atoms with Gasteiger partial charge in [0.2, 0.25) is 5.88 Å². The first-order valence-corrected chi connectivity index (χ1v) is 8.36. The fraction of sp³-hybridized carbons (Fsp3) is 0.368. The molecule has 3 rings (SSSR count).